The van der Waals surface area contributed by atoms with Crippen LogP contribution >= 0.6 is 0 Å². The number of methoxy groups -OCH3 is 1. The molecule has 3 aromatic rings. The van der Waals surface area contributed by atoms with Gasteiger partial charge in [0.15, 0.2) is 5.69 Å². The molecule has 2 aliphatic carbocycles. The summed E-state index contributed by atoms with van der Waals surface area (Å²) < 4.78 is 48.3. The van der Waals surface area contributed by atoms with Gasteiger partial charge in [0, 0.05) is 23.0 Å². The zero-order valence-corrected chi connectivity index (χ0v) is 24.3. The van der Waals surface area contributed by atoms with Crippen molar-refractivity contribution in [3.63, 3.8) is 0 Å². The van der Waals surface area contributed by atoms with Crippen LogP contribution in [0.2, 0.25) is 0 Å². The number of benzene rings is 2. The van der Waals surface area contributed by atoms with Gasteiger partial charge in [-0.15, -0.1) is 0 Å². The molecular weight excluding hydrogens is 545 g/mol. The van der Waals surface area contributed by atoms with Crippen LogP contribution < -0.4 is 15.0 Å². The van der Waals surface area contributed by atoms with E-state index in [1.807, 2.05) is 32.0 Å². The molecule has 1 fully saturated rings. The van der Waals surface area contributed by atoms with E-state index in [4.69, 9.17) is 4.74 Å². The van der Waals surface area contributed by atoms with E-state index in [-0.39, 0.29) is 23.9 Å². The van der Waals surface area contributed by atoms with Crippen molar-refractivity contribution in [1.29, 1.82) is 0 Å². The lowest BCUT2D eigenvalue weighted by Gasteiger charge is -2.33. The first-order chi connectivity index (χ1) is 20.0. The Morgan fingerprint density at radius 1 is 1.02 bits per heavy atom. The summed E-state index contributed by atoms with van der Waals surface area (Å²) in [5, 5.41) is 7.07. The van der Waals surface area contributed by atoms with E-state index in [0.717, 1.165) is 43.2 Å². The van der Waals surface area contributed by atoms with Gasteiger partial charge in [0.1, 0.15) is 18.3 Å². The predicted octanol–water partition coefficient (Wildman–Crippen LogP) is 6.24. The van der Waals surface area contributed by atoms with E-state index in [0.29, 0.717) is 35.5 Å². The van der Waals surface area contributed by atoms with Gasteiger partial charge in [0.2, 0.25) is 11.8 Å². The van der Waals surface area contributed by atoms with Crippen LogP contribution in [0, 0.1) is 13.8 Å². The van der Waals surface area contributed by atoms with E-state index in [9.17, 15) is 22.8 Å². The molecule has 0 radical (unpaired) electrons. The van der Waals surface area contributed by atoms with Crippen molar-refractivity contribution in [2.24, 2.45) is 0 Å². The van der Waals surface area contributed by atoms with Gasteiger partial charge in [-0.05, 0) is 93.3 Å². The number of halogens is 3. The maximum atomic E-state index is 14.3. The molecule has 0 spiro atoms. The number of aromatic nitrogens is 2. The molecule has 10 heteroatoms. The van der Waals surface area contributed by atoms with Crippen molar-refractivity contribution in [1.82, 2.24) is 15.1 Å². The highest BCUT2D eigenvalue weighted by atomic mass is 19.4. The van der Waals surface area contributed by atoms with Crippen molar-refractivity contribution >= 4 is 17.5 Å². The average molecular weight is 583 g/mol. The number of fused-ring (bicyclic) bond motifs is 1. The second kappa shape index (κ2) is 12.2. The number of aryl methyl sites for hydroxylation is 2. The molecule has 2 amide bonds. The molecule has 1 unspecified atom stereocenters. The lowest BCUT2D eigenvalue weighted by Crippen LogP contribution is -2.47. The van der Waals surface area contributed by atoms with E-state index in [1.54, 1.807) is 31.4 Å². The minimum absolute atomic E-state index is 0.00178. The highest BCUT2D eigenvalue weighted by Gasteiger charge is 2.41. The minimum Gasteiger partial charge on any atom is -0.497 e. The highest BCUT2D eigenvalue weighted by molar-refractivity contribution is 6.01. The highest BCUT2D eigenvalue weighted by Crippen LogP contribution is 2.37. The Kier molecular flexibility index (Phi) is 8.61. The Morgan fingerprint density at radius 2 is 1.67 bits per heavy atom. The normalized spacial score (nSPS) is 16.1. The molecule has 2 aromatic carbocycles. The van der Waals surface area contributed by atoms with Gasteiger partial charge in [0.25, 0.3) is 0 Å². The maximum Gasteiger partial charge on any atom is 0.435 e. The number of nitrogens with zero attached hydrogens (tertiary/aromatic N) is 3. The lowest BCUT2D eigenvalue weighted by atomic mass is 9.95. The summed E-state index contributed by atoms with van der Waals surface area (Å²) in [6, 6.07) is 11.5. The van der Waals surface area contributed by atoms with Crippen LogP contribution in [-0.2, 0) is 35.2 Å². The zero-order valence-electron chi connectivity index (χ0n) is 24.3. The Balaban J connectivity index is 1.60. The molecule has 0 saturated heterocycles. The second-order valence-electron chi connectivity index (χ2n) is 11.4. The van der Waals surface area contributed by atoms with Gasteiger partial charge in [-0.3, -0.25) is 19.2 Å². The number of anilines is 1. The number of alkyl halides is 3. The molecule has 224 valence electrons. The van der Waals surface area contributed by atoms with Gasteiger partial charge in [0.05, 0.1) is 7.11 Å². The summed E-state index contributed by atoms with van der Waals surface area (Å²) >= 11 is 0. The molecule has 1 N–H and O–H groups in total. The van der Waals surface area contributed by atoms with Gasteiger partial charge < -0.3 is 10.1 Å². The summed E-state index contributed by atoms with van der Waals surface area (Å²) in [6.07, 6.45) is 1.20. The van der Waals surface area contributed by atoms with E-state index in [2.05, 4.69) is 10.4 Å². The second-order valence-corrected chi connectivity index (χ2v) is 11.4. The van der Waals surface area contributed by atoms with E-state index < -0.39 is 30.4 Å². The molecule has 0 aliphatic heterocycles. The van der Waals surface area contributed by atoms with Crippen LogP contribution in [0.5, 0.6) is 5.75 Å². The summed E-state index contributed by atoms with van der Waals surface area (Å²) in [4.78, 5) is 29.8. The molecule has 1 atom stereocenters. The number of hydrogen-bond acceptors (Lipinski definition) is 4. The SMILES string of the molecule is COc1ccc(C(C(=O)NC2CCCC2)N(C(=O)Cn2nc(C(F)(F)F)c3c2CCCC3)c2cc(C)cc(C)c2)cc1. The average Bonchev–Trinajstić information content (AvgIpc) is 3.59. The van der Waals surface area contributed by atoms with Crippen LogP contribution in [0.1, 0.15) is 78.2 Å². The first kappa shape index (κ1) is 29.7. The molecule has 1 aromatic heterocycles. The standard InChI is InChI=1S/C32H37F3N4O3/c1-20-16-21(2)18-24(17-20)39(28(40)19-38-27-11-7-6-10-26(27)30(37-38)32(33,34)35)29(22-12-14-25(42-3)15-13-22)31(41)36-23-8-4-5-9-23/h12-18,23,29H,4-11,19H2,1-3H3,(H,36,41). The van der Waals surface area contributed by atoms with Crippen molar-refractivity contribution < 1.29 is 27.5 Å². The van der Waals surface area contributed by atoms with Gasteiger partial charge >= 0.3 is 6.18 Å². The number of amides is 2. The fraction of sp³-hybridized carbons (Fsp3) is 0.469. The number of carbonyl (C=O) groups excluding carboxylic acids is 2. The van der Waals surface area contributed by atoms with Crippen LogP contribution in [0.4, 0.5) is 18.9 Å². The third-order valence-electron chi connectivity index (χ3n) is 8.20. The largest absolute Gasteiger partial charge is 0.497 e. The van der Waals surface area contributed by atoms with Crippen LogP contribution in [0.25, 0.3) is 0 Å². The smallest absolute Gasteiger partial charge is 0.435 e. The van der Waals surface area contributed by atoms with Crippen molar-refractivity contribution in [3.05, 3.63) is 76.1 Å². The molecule has 7 nitrogen and oxygen atoms in total. The van der Waals surface area contributed by atoms with Gasteiger partial charge in [-0.1, -0.05) is 31.0 Å². The van der Waals surface area contributed by atoms with Gasteiger partial charge in [-0.25, -0.2) is 0 Å². The minimum atomic E-state index is -4.62. The Hall–Kier alpha value is -3.82. The molecule has 0 bridgehead atoms. The Bertz CT molecular complexity index is 1420. The molecule has 42 heavy (non-hydrogen) atoms. The number of hydrogen-bond donors (Lipinski definition) is 1. The van der Waals surface area contributed by atoms with Crippen LogP contribution in [0.15, 0.2) is 42.5 Å². The topological polar surface area (TPSA) is 76.5 Å². The molecular formula is C32H37F3N4O3. The summed E-state index contributed by atoms with van der Waals surface area (Å²) in [6.45, 7) is 3.38. The van der Waals surface area contributed by atoms with E-state index >= 15 is 0 Å². The molecule has 1 saturated carbocycles. The Labute approximate surface area is 244 Å². The first-order valence-electron chi connectivity index (χ1n) is 14.6. The lowest BCUT2D eigenvalue weighted by molar-refractivity contribution is -0.142. The molecule has 5 rings (SSSR count). The fourth-order valence-electron chi connectivity index (χ4n) is 6.31. The summed E-state index contributed by atoms with van der Waals surface area (Å²) in [5.41, 5.74) is 2.54. The zero-order chi connectivity index (χ0) is 30.0. The van der Waals surface area contributed by atoms with Crippen molar-refractivity contribution in [2.75, 3.05) is 12.0 Å². The van der Waals surface area contributed by atoms with Crippen molar-refractivity contribution in [2.45, 2.75) is 90.0 Å². The maximum absolute atomic E-state index is 14.3. The predicted molar refractivity (Wildman–Crippen MR) is 153 cm³/mol. The Morgan fingerprint density at radius 3 is 2.29 bits per heavy atom. The van der Waals surface area contributed by atoms with Crippen LogP contribution in [0.3, 0.4) is 0 Å². The third kappa shape index (κ3) is 6.32. The van der Waals surface area contributed by atoms with Gasteiger partial charge in [-0.2, -0.15) is 18.3 Å². The summed E-state index contributed by atoms with van der Waals surface area (Å²) in [7, 11) is 1.55. The number of ether oxygens (including phenoxy) is 1. The third-order valence-corrected chi connectivity index (χ3v) is 8.20. The molecule has 1 heterocycles. The van der Waals surface area contributed by atoms with E-state index in [1.165, 1.54) is 9.58 Å². The number of rotatable bonds is 8. The molecule has 2 aliphatic rings. The quantitative estimate of drug-likeness (QED) is 0.341. The van der Waals surface area contributed by atoms with Crippen LogP contribution in [-0.4, -0.2) is 34.7 Å². The summed E-state index contributed by atoms with van der Waals surface area (Å²) in [5.74, 6) is -0.258. The number of carbonyl (C=O) groups is 2. The monoisotopic (exact) mass is 582 g/mol. The van der Waals surface area contributed by atoms with Crippen molar-refractivity contribution in [3.8, 4) is 5.75 Å². The number of nitrogens with one attached hydrogen (secondary N) is 1. The fourth-order valence-corrected chi connectivity index (χ4v) is 6.31. The first-order valence-corrected chi connectivity index (χ1v) is 14.6.